The fraction of sp³-hybridized carbons (Fsp3) is 0. The Bertz CT molecular complexity index is 635. The van der Waals surface area contributed by atoms with Crippen LogP contribution in [0.15, 0.2) is 30.5 Å². The van der Waals surface area contributed by atoms with E-state index in [1.807, 2.05) is 12.1 Å². The predicted octanol–water partition coefficient (Wildman–Crippen LogP) is 2.54. The third kappa shape index (κ3) is 2.23. The smallest absolute Gasteiger partial charge is 0.177 e. The molecule has 80 valence electrons. The van der Waals surface area contributed by atoms with Gasteiger partial charge in [-0.15, -0.1) is 0 Å². The van der Waals surface area contributed by atoms with Crippen molar-refractivity contribution < 1.29 is 0 Å². The molecular formula is C12H5ClN4. The number of benzene rings is 1. The third-order valence-corrected chi connectivity index (χ3v) is 2.38. The number of rotatable bonds is 1. The number of nitriles is 2. The second kappa shape index (κ2) is 4.61. The van der Waals surface area contributed by atoms with Gasteiger partial charge in [0.2, 0.25) is 0 Å². The Balaban J connectivity index is 2.52. The molecule has 2 aromatic rings. The van der Waals surface area contributed by atoms with E-state index in [1.165, 1.54) is 6.20 Å². The first-order valence-electron chi connectivity index (χ1n) is 4.68. The highest BCUT2D eigenvalue weighted by Gasteiger charge is 2.07. The molecule has 0 aliphatic rings. The maximum Gasteiger partial charge on any atom is 0.177 e. The summed E-state index contributed by atoms with van der Waals surface area (Å²) < 4.78 is 0. The van der Waals surface area contributed by atoms with Gasteiger partial charge < -0.3 is 0 Å². The van der Waals surface area contributed by atoms with E-state index >= 15 is 0 Å². The van der Waals surface area contributed by atoms with Crippen LogP contribution in [0.4, 0.5) is 0 Å². The Labute approximate surface area is 103 Å². The van der Waals surface area contributed by atoms with E-state index in [9.17, 15) is 0 Å². The largest absolute Gasteiger partial charge is 0.240 e. The van der Waals surface area contributed by atoms with Crippen molar-refractivity contribution in [3.8, 4) is 23.4 Å². The number of halogens is 1. The van der Waals surface area contributed by atoms with Crippen molar-refractivity contribution in [2.75, 3.05) is 0 Å². The van der Waals surface area contributed by atoms with Crippen molar-refractivity contribution in [2.45, 2.75) is 0 Å². The number of hydrogen-bond donors (Lipinski definition) is 0. The lowest BCUT2D eigenvalue weighted by Gasteiger charge is -2.01. The van der Waals surface area contributed by atoms with Gasteiger partial charge in [0.15, 0.2) is 11.4 Å². The number of aromatic nitrogens is 2. The molecule has 0 atom stereocenters. The van der Waals surface area contributed by atoms with E-state index in [2.05, 4.69) is 9.97 Å². The summed E-state index contributed by atoms with van der Waals surface area (Å²) in [5, 5.41) is 18.2. The van der Waals surface area contributed by atoms with Crippen LogP contribution in [-0.2, 0) is 0 Å². The van der Waals surface area contributed by atoms with Crippen LogP contribution < -0.4 is 0 Å². The third-order valence-electron chi connectivity index (χ3n) is 2.12. The van der Waals surface area contributed by atoms with Crippen molar-refractivity contribution in [1.29, 1.82) is 10.5 Å². The molecule has 17 heavy (non-hydrogen) atoms. The summed E-state index contributed by atoms with van der Waals surface area (Å²) in [4.78, 5) is 7.96. The van der Waals surface area contributed by atoms with Crippen LogP contribution in [0.25, 0.3) is 11.3 Å². The van der Waals surface area contributed by atoms with Crippen molar-refractivity contribution in [1.82, 2.24) is 9.97 Å². The monoisotopic (exact) mass is 240 g/mol. The molecule has 0 saturated carbocycles. The van der Waals surface area contributed by atoms with E-state index in [0.717, 1.165) is 5.56 Å². The van der Waals surface area contributed by atoms with Gasteiger partial charge in [-0.25, -0.2) is 9.97 Å². The maximum atomic E-state index is 8.84. The van der Waals surface area contributed by atoms with E-state index < -0.39 is 0 Å². The van der Waals surface area contributed by atoms with Crippen molar-refractivity contribution >= 4 is 11.6 Å². The van der Waals surface area contributed by atoms with Crippen LogP contribution in [0.1, 0.15) is 11.4 Å². The van der Waals surface area contributed by atoms with E-state index in [4.69, 9.17) is 22.1 Å². The summed E-state index contributed by atoms with van der Waals surface area (Å²) >= 11 is 5.77. The Morgan fingerprint density at radius 3 is 2.24 bits per heavy atom. The first kappa shape index (κ1) is 11.1. The summed E-state index contributed by atoms with van der Waals surface area (Å²) in [7, 11) is 0. The van der Waals surface area contributed by atoms with Crippen LogP contribution in [0, 0.1) is 22.7 Å². The molecule has 0 spiro atoms. The molecule has 0 aliphatic heterocycles. The Kier molecular flexibility index (Phi) is 3.00. The predicted molar refractivity (Wildman–Crippen MR) is 61.9 cm³/mol. The number of nitrogens with zero attached hydrogens (tertiary/aromatic N) is 4. The summed E-state index contributed by atoms with van der Waals surface area (Å²) in [6, 6.07) is 10.7. The van der Waals surface area contributed by atoms with Gasteiger partial charge in [0.1, 0.15) is 12.1 Å². The van der Waals surface area contributed by atoms with Gasteiger partial charge in [-0.3, -0.25) is 0 Å². The molecule has 0 saturated heterocycles. The minimum atomic E-state index is 0.0277. The SMILES string of the molecule is N#Cc1ncc(-c2ccc(Cl)cc2)nc1C#N. The fourth-order valence-electron chi connectivity index (χ4n) is 1.31. The van der Waals surface area contributed by atoms with Crippen LogP contribution >= 0.6 is 11.6 Å². The summed E-state index contributed by atoms with van der Waals surface area (Å²) in [5.74, 6) is 0. The summed E-state index contributed by atoms with van der Waals surface area (Å²) in [5.41, 5.74) is 1.39. The minimum Gasteiger partial charge on any atom is -0.240 e. The minimum absolute atomic E-state index is 0.0277. The maximum absolute atomic E-state index is 8.84. The standard InChI is InChI=1S/C12H5ClN4/c13-9-3-1-8(2-4-9)12-7-16-10(5-14)11(6-15)17-12/h1-4,7H. The van der Waals surface area contributed by atoms with E-state index in [-0.39, 0.29) is 11.4 Å². The molecule has 0 bridgehead atoms. The molecule has 1 heterocycles. The van der Waals surface area contributed by atoms with Gasteiger partial charge in [0.05, 0.1) is 11.9 Å². The molecule has 4 nitrogen and oxygen atoms in total. The lowest BCUT2D eigenvalue weighted by Crippen LogP contribution is -1.95. The van der Waals surface area contributed by atoms with E-state index in [0.29, 0.717) is 10.7 Å². The van der Waals surface area contributed by atoms with Crippen molar-refractivity contribution in [2.24, 2.45) is 0 Å². The molecule has 0 amide bonds. The number of hydrogen-bond acceptors (Lipinski definition) is 4. The van der Waals surface area contributed by atoms with Crippen molar-refractivity contribution in [3.05, 3.63) is 46.9 Å². The highest BCUT2D eigenvalue weighted by Crippen LogP contribution is 2.19. The highest BCUT2D eigenvalue weighted by atomic mass is 35.5. The normalized spacial score (nSPS) is 9.35. The summed E-state index contributed by atoms with van der Waals surface area (Å²) in [6.07, 6.45) is 1.46. The first-order chi connectivity index (χ1) is 8.24. The second-order valence-corrected chi connectivity index (χ2v) is 3.62. The molecule has 1 aromatic heterocycles. The Hall–Kier alpha value is -2.43. The molecule has 0 N–H and O–H groups in total. The molecule has 5 heteroatoms. The van der Waals surface area contributed by atoms with Gasteiger partial charge in [0, 0.05) is 10.6 Å². The zero-order valence-electron chi connectivity index (χ0n) is 8.55. The zero-order chi connectivity index (χ0) is 12.3. The van der Waals surface area contributed by atoms with Crippen LogP contribution in [0.2, 0.25) is 5.02 Å². The zero-order valence-corrected chi connectivity index (χ0v) is 9.31. The molecule has 0 fully saturated rings. The van der Waals surface area contributed by atoms with Crippen LogP contribution in [0.5, 0.6) is 0 Å². The summed E-state index contributed by atoms with van der Waals surface area (Å²) in [6.45, 7) is 0. The fourth-order valence-corrected chi connectivity index (χ4v) is 1.43. The average molecular weight is 241 g/mol. The average Bonchev–Trinajstić information content (AvgIpc) is 2.39. The quantitative estimate of drug-likeness (QED) is 0.768. The highest BCUT2D eigenvalue weighted by molar-refractivity contribution is 6.30. The molecule has 0 aliphatic carbocycles. The Morgan fingerprint density at radius 2 is 1.65 bits per heavy atom. The van der Waals surface area contributed by atoms with Gasteiger partial charge in [-0.1, -0.05) is 23.7 Å². The van der Waals surface area contributed by atoms with Crippen LogP contribution in [0.3, 0.4) is 0 Å². The van der Waals surface area contributed by atoms with Gasteiger partial charge in [-0.05, 0) is 12.1 Å². The molecule has 0 unspecified atom stereocenters. The lowest BCUT2D eigenvalue weighted by atomic mass is 10.1. The second-order valence-electron chi connectivity index (χ2n) is 3.18. The topological polar surface area (TPSA) is 73.4 Å². The molecule has 2 rings (SSSR count). The lowest BCUT2D eigenvalue weighted by molar-refractivity contribution is 1.13. The molecule has 0 radical (unpaired) electrons. The first-order valence-corrected chi connectivity index (χ1v) is 5.05. The van der Waals surface area contributed by atoms with E-state index in [1.54, 1.807) is 24.3 Å². The van der Waals surface area contributed by atoms with Crippen LogP contribution in [-0.4, -0.2) is 9.97 Å². The molecule has 1 aromatic carbocycles. The van der Waals surface area contributed by atoms with Gasteiger partial charge in [0.25, 0.3) is 0 Å². The van der Waals surface area contributed by atoms with Crippen molar-refractivity contribution in [3.63, 3.8) is 0 Å². The molecular weight excluding hydrogens is 236 g/mol. The van der Waals surface area contributed by atoms with Gasteiger partial charge in [-0.2, -0.15) is 10.5 Å². The Morgan fingerprint density at radius 1 is 1.00 bits per heavy atom. The van der Waals surface area contributed by atoms with Gasteiger partial charge >= 0.3 is 0 Å².